The molecule has 1 heterocycles. The number of nitrogens with one attached hydrogen (secondary N) is 2. The Morgan fingerprint density at radius 3 is 2.86 bits per heavy atom. The van der Waals surface area contributed by atoms with Crippen molar-refractivity contribution in [2.75, 3.05) is 13.1 Å². The maximum absolute atomic E-state index is 11.7. The Bertz CT molecular complexity index is 508. The molecule has 0 aliphatic carbocycles. The zero-order valence-electron chi connectivity index (χ0n) is 12.6. The highest BCUT2D eigenvalue weighted by Gasteiger charge is 2.20. The van der Waals surface area contributed by atoms with Crippen molar-refractivity contribution in [2.45, 2.75) is 31.9 Å². The van der Waals surface area contributed by atoms with Gasteiger partial charge in [0.15, 0.2) is 0 Å². The fraction of sp³-hybridized carbons (Fsp3) is 0.412. The van der Waals surface area contributed by atoms with E-state index < -0.39 is 0 Å². The Morgan fingerprint density at radius 1 is 1.32 bits per heavy atom. The van der Waals surface area contributed by atoms with E-state index in [2.05, 4.69) is 10.6 Å². The maximum Gasteiger partial charge on any atom is 0.330 e. The fourth-order valence-corrected chi connectivity index (χ4v) is 2.27. The SMILES string of the molecule is O=C(C=CCCNC(=O)[C@@H]1CCCN1)OCc1ccccc1. The molecule has 1 fully saturated rings. The van der Waals surface area contributed by atoms with Crippen molar-refractivity contribution in [1.29, 1.82) is 0 Å². The van der Waals surface area contributed by atoms with Crippen LogP contribution in [0.25, 0.3) is 0 Å². The van der Waals surface area contributed by atoms with Crippen LogP contribution in [-0.2, 0) is 20.9 Å². The number of carbonyl (C=O) groups excluding carboxylic acids is 2. The van der Waals surface area contributed by atoms with E-state index in [9.17, 15) is 9.59 Å². The number of rotatable bonds is 7. The number of hydrogen-bond donors (Lipinski definition) is 2. The quantitative estimate of drug-likeness (QED) is 0.455. The second-order valence-corrected chi connectivity index (χ2v) is 5.22. The lowest BCUT2D eigenvalue weighted by molar-refractivity contribution is -0.139. The third-order valence-corrected chi connectivity index (χ3v) is 3.46. The van der Waals surface area contributed by atoms with Gasteiger partial charge in [-0.05, 0) is 31.4 Å². The number of ether oxygens (including phenoxy) is 1. The van der Waals surface area contributed by atoms with Gasteiger partial charge in [0, 0.05) is 12.6 Å². The van der Waals surface area contributed by atoms with Crippen molar-refractivity contribution < 1.29 is 14.3 Å². The van der Waals surface area contributed by atoms with Crippen LogP contribution < -0.4 is 10.6 Å². The molecule has 1 saturated heterocycles. The van der Waals surface area contributed by atoms with Gasteiger partial charge in [-0.3, -0.25) is 4.79 Å². The van der Waals surface area contributed by atoms with E-state index in [0.29, 0.717) is 13.0 Å². The van der Waals surface area contributed by atoms with Crippen LogP contribution in [0.4, 0.5) is 0 Å². The minimum atomic E-state index is -0.368. The molecule has 0 aromatic heterocycles. The van der Waals surface area contributed by atoms with Crippen molar-refractivity contribution in [1.82, 2.24) is 10.6 Å². The minimum absolute atomic E-state index is 0.0394. The van der Waals surface area contributed by atoms with Crippen molar-refractivity contribution >= 4 is 11.9 Å². The predicted octanol–water partition coefficient (Wildman–Crippen LogP) is 1.54. The lowest BCUT2D eigenvalue weighted by Crippen LogP contribution is -2.40. The van der Waals surface area contributed by atoms with E-state index in [4.69, 9.17) is 4.74 Å². The summed E-state index contributed by atoms with van der Waals surface area (Å²) in [6.45, 7) is 1.71. The first kappa shape index (κ1) is 16.2. The minimum Gasteiger partial charge on any atom is -0.458 e. The highest BCUT2D eigenvalue weighted by Crippen LogP contribution is 2.04. The molecule has 0 saturated carbocycles. The van der Waals surface area contributed by atoms with Crippen molar-refractivity contribution in [2.24, 2.45) is 0 Å². The lowest BCUT2D eigenvalue weighted by Gasteiger charge is -2.09. The monoisotopic (exact) mass is 302 g/mol. The molecule has 1 aliphatic rings. The van der Waals surface area contributed by atoms with E-state index in [1.54, 1.807) is 6.08 Å². The van der Waals surface area contributed by atoms with Gasteiger partial charge < -0.3 is 15.4 Å². The largest absolute Gasteiger partial charge is 0.458 e. The Labute approximate surface area is 130 Å². The van der Waals surface area contributed by atoms with Crippen LogP contribution in [0.15, 0.2) is 42.5 Å². The molecule has 0 spiro atoms. The third-order valence-electron chi connectivity index (χ3n) is 3.46. The number of carbonyl (C=O) groups is 2. The topological polar surface area (TPSA) is 67.4 Å². The van der Waals surface area contributed by atoms with E-state index >= 15 is 0 Å². The molecule has 0 unspecified atom stereocenters. The molecule has 118 valence electrons. The van der Waals surface area contributed by atoms with Crippen LogP contribution in [0.5, 0.6) is 0 Å². The second-order valence-electron chi connectivity index (χ2n) is 5.22. The molecule has 1 atom stereocenters. The van der Waals surface area contributed by atoms with Crippen LogP contribution in [0, 0.1) is 0 Å². The zero-order chi connectivity index (χ0) is 15.6. The standard InChI is InChI=1S/C17H22N2O3/c20-16(22-13-14-7-2-1-3-8-14)10-4-5-11-19-17(21)15-9-6-12-18-15/h1-4,7-8,10,15,18H,5-6,9,11-13H2,(H,19,21)/t15-/m0/s1. The maximum atomic E-state index is 11.7. The highest BCUT2D eigenvalue weighted by atomic mass is 16.5. The average molecular weight is 302 g/mol. The Morgan fingerprint density at radius 2 is 2.14 bits per heavy atom. The van der Waals surface area contributed by atoms with Crippen LogP contribution >= 0.6 is 0 Å². The van der Waals surface area contributed by atoms with Crippen LogP contribution in [0.3, 0.4) is 0 Å². The molecule has 1 aliphatic heterocycles. The van der Waals surface area contributed by atoms with Gasteiger partial charge in [-0.15, -0.1) is 0 Å². The molecule has 5 nitrogen and oxygen atoms in total. The Balaban J connectivity index is 1.56. The summed E-state index contributed by atoms with van der Waals surface area (Å²) in [7, 11) is 0. The average Bonchev–Trinajstić information content (AvgIpc) is 3.08. The highest BCUT2D eigenvalue weighted by molar-refractivity contribution is 5.82. The summed E-state index contributed by atoms with van der Waals surface area (Å²) in [6.07, 6.45) is 5.68. The summed E-state index contributed by atoms with van der Waals surface area (Å²) in [5, 5.41) is 5.99. The summed E-state index contributed by atoms with van der Waals surface area (Å²) in [5.41, 5.74) is 0.959. The first-order valence-corrected chi connectivity index (χ1v) is 7.64. The molecular weight excluding hydrogens is 280 g/mol. The summed E-state index contributed by atoms with van der Waals surface area (Å²) in [5.74, 6) is -0.329. The van der Waals surface area contributed by atoms with Gasteiger partial charge in [-0.25, -0.2) is 4.79 Å². The Kier molecular flexibility index (Phi) is 6.64. The van der Waals surface area contributed by atoms with Crippen LogP contribution in [0.1, 0.15) is 24.8 Å². The van der Waals surface area contributed by atoms with E-state index in [1.165, 1.54) is 6.08 Å². The van der Waals surface area contributed by atoms with E-state index in [-0.39, 0.29) is 24.5 Å². The summed E-state index contributed by atoms with van der Waals surface area (Å²) in [4.78, 5) is 23.2. The van der Waals surface area contributed by atoms with Crippen LogP contribution in [0.2, 0.25) is 0 Å². The van der Waals surface area contributed by atoms with E-state index in [1.807, 2.05) is 30.3 Å². The molecule has 1 aromatic rings. The number of hydrogen-bond acceptors (Lipinski definition) is 4. The van der Waals surface area contributed by atoms with Gasteiger partial charge in [0.05, 0.1) is 6.04 Å². The Hall–Kier alpha value is -2.14. The predicted molar refractivity (Wildman–Crippen MR) is 84.0 cm³/mol. The van der Waals surface area contributed by atoms with Gasteiger partial charge in [0.2, 0.25) is 5.91 Å². The lowest BCUT2D eigenvalue weighted by atomic mass is 10.2. The molecule has 2 N–H and O–H groups in total. The number of esters is 1. The molecule has 0 radical (unpaired) electrons. The summed E-state index contributed by atoms with van der Waals surface area (Å²) in [6, 6.07) is 9.48. The fourth-order valence-electron chi connectivity index (χ4n) is 2.27. The molecule has 1 aromatic carbocycles. The molecule has 2 rings (SSSR count). The van der Waals surface area contributed by atoms with Gasteiger partial charge >= 0.3 is 5.97 Å². The zero-order valence-corrected chi connectivity index (χ0v) is 12.6. The summed E-state index contributed by atoms with van der Waals surface area (Å²) < 4.78 is 5.11. The van der Waals surface area contributed by atoms with Gasteiger partial charge in [0.1, 0.15) is 6.61 Å². The third kappa shape index (κ3) is 5.69. The number of amides is 1. The normalized spacial score (nSPS) is 17.5. The smallest absolute Gasteiger partial charge is 0.330 e. The van der Waals surface area contributed by atoms with Gasteiger partial charge in [-0.2, -0.15) is 0 Å². The molecule has 0 bridgehead atoms. The second kappa shape index (κ2) is 9.00. The number of benzene rings is 1. The van der Waals surface area contributed by atoms with E-state index in [0.717, 1.165) is 24.9 Å². The molecule has 5 heteroatoms. The van der Waals surface area contributed by atoms with Crippen molar-refractivity contribution in [3.8, 4) is 0 Å². The molecular formula is C17H22N2O3. The van der Waals surface area contributed by atoms with Crippen LogP contribution in [-0.4, -0.2) is 31.0 Å². The first-order chi connectivity index (χ1) is 10.8. The van der Waals surface area contributed by atoms with Gasteiger partial charge in [0.25, 0.3) is 0 Å². The molecule has 22 heavy (non-hydrogen) atoms. The molecule has 1 amide bonds. The van der Waals surface area contributed by atoms with Crippen molar-refractivity contribution in [3.63, 3.8) is 0 Å². The first-order valence-electron chi connectivity index (χ1n) is 7.64. The van der Waals surface area contributed by atoms with Crippen molar-refractivity contribution in [3.05, 3.63) is 48.0 Å². The summed E-state index contributed by atoms with van der Waals surface area (Å²) >= 11 is 0. The van der Waals surface area contributed by atoms with Gasteiger partial charge in [-0.1, -0.05) is 36.4 Å².